The second-order valence-corrected chi connectivity index (χ2v) is 4.80. The van der Waals surface area contributed by atoms with Crippen LogP contribution in [0, 0.1) is 0 Å². The molecule has 0 aliphatic carbocycles. The molecule has 2 aromatic rings. The minimum atomic E-state index is -1.31. The van der Waals surface area contributed by atoms with Crippen LogP contribution in [-0.2, 0) is 9.59 Å². The van der Waals surface area contributed by atoms with Crippen molar-refractivity contribution in [3.8, 4) is 23.0 Å². The first-order valence-electron chi connectivity index (χ1n) is 7.01. The minimum Gasteiger partial charge on any atom is -0.545 e. The molecule has 27 heavy (non-hydrogen) atoms. The number of benzene rings is 2. The molecule has 0 aliphatic heterocycles. The summed E-state index contributed by atoms with van der Waals surface area (Å²) in [5.74, 6) is -3.70. The van der Waals surface area contributed by atoms with Gasteiger partial charge in [0.2, 0.25) is 0 Å². The molecule has 0 bridgehead atoms. The Hall–Kier alpha value is -2.46. The molecule has 0 heterocycles. The molecule has 0 amide bonds. The van der Waals surface area contributed by atoms with Gasteiger partial charge in [-0.3, -0.25) is 0 Å². The Morgan fingerprint density at radius 1 is 0.667 bits per heavy atom. The van der Waals surface area contributed by atoms with Gasteiger partial charge < -0.3 is 40.2 Å². The maximum absolute atomic E-state index is 10.0. The van der Waals surface area contributed by atoms with Gasteiger partial charge in [-0.2, -0.15) is 0 Å². The molecular formula is C18H14O8Sr. The van der Waals surface area contributed by atoms with E-state index in [1.807, 2.05) is 0 Å². The molecule has 2 aromatic carbocycles. The van der Waals surface area contributed by atoms with Crippen LogP contribution in [0.4, 0.5) is 0 Å². The predicted octanol–water partition coefficient (Wildman–Crippen LogP) is -0.659. The average Bonchev–Trinajstić information content (AvgIpc) is 2.57. The number of rotatable bonds is 4. The van der Waals surface area contributed by atoms with Crippen LogP contribution in [-0.4, -0.2) is 77.8 Å². The van der Waals surface area contributed by atoms with E-state index in [0.717, 1.165) is 12.2 Å². The maximum Gasteiger partial charge on any atom is 2.00 e. The molecule has 2 rings (SSSR count). The van der Waals surface area contributed by atoms with Crippen LogP contribution in [0.15, 0.2) is 48.6 Å². The Morgan fingerprint density at radius 3 is 1.26 bits per heavy atom. The van der Waals surface area contributed by atoms with Gasteiger partial charge in [-0.05, 0) is 47.5 Å². The number of phenols is 4. The average molecular weight is 446 g/mol. The molecular weight excluding hydrogens is 432 g/mol. The summed E-state index contributed by atoms with van der Waals surface area (Å²) < 4.78 is 0. The van der Waals surface area contributed by atoms with E-state index in [9.17, 15) is 19.8 Å². The van der Waals surface area contributed by atoms with Gasteiger partial charge in [0, 0.05) is 0 Å². The number of carboxylic acid groups (broad SMARTS) is 2. The monoisotopic (exact) mass is 446 g/mol. The van der Waals surface area contributed by atoms with Crippen molar-refractivity contribution < 1.29 is 40.2 Å². The van der Waals surface area contributed by atoms with Crippen molar-refractivity contribution in [2.75, 3.05) is 0 Å². The van der Waals surface area contributed by atoms with Gasteiger partial charge in [-0.25, -0.2) is 0 Å². The van der Waals surface area contributed by atoms with Gasteiger partial charge in [0.25, 0.3) is 0 Å². The molecule has 8 nitrogen and oxygen atoms in total. The predicted molar refractivity (Wildman–Crippen MR) is 93.4 cm³/mol. The Morgan fingerprint density at radius 2 is 1.00 bits per heavy atom. The Kier molecular flexibility index (Phi) is 10.9. The number of carbonyl (C=O) groups excluding carboxylic acids is 2. The van der Waals surface area contributed by atoms with Crippen LogP contribution in [0.2, 0.25) is 0 Å². The molecule has 0 saturated carbocycles. The molecule has 0 atom stereocenters. The van der Waals surface area contributed by atoms with Crippen molar-refractivity contribution in [2.24, 2.45) is 0 Å². The SMILES string of the molecule is O=C([O-])/C=C/c1ccc(O)c(O)c1.O=C([O-])/C=C/c1ccc(O)c(O)c1.[Sr+2]. The van der Waals surface area contributed by atoms with Gasteiger partial charge >= 0.3 is 45.5 Å². The molecule has 136 valence electrons. The molecule has 0 fully saturated rings. The van der Waals surface area contributed by atoms with Crippen LogP contribution in [0.5, 0.6) is 23.0 Å². The smallest absolute Gasteiger partial charge is 0.545 e. The third kappa shape index (κ3) is 9.71. The summed E-state index contributed by atoms with van der Waals surface area (Å²) in [5.41, 5.74) is 0.944. The van der Waals surface area contributed by atoms with Crippen molar-refractivity contribution in [1.29, 1.82) is 0 Å². The van der Waals surface area contributed by atoms with E-state index in [1.165, 1.54) is 48.6 Å². The normalized spacial score (nSPS) is 10.1. The molecule has 9 heteroatoms. The Balaban J connectivity index is 0.000000483. The summed E-state index contributed by atoms with van der Waals surface area (Å²) in [4.78, 5) is 20.0. The Bertz CT molecular complexity index is 787. The fourth-order valence-electron chi connectivity index (χ4n) is 1.62. The number of hydrogen-bond acceptors (Lipinski definition) is 8. The van der Waals surface area contributed by atoms with Crippen LogP contribution in [0.3, 0.4) is 0 Å². The van der Waals surface area contributed by atoms with E-state index < -0.39 is 11.9 Å². The van der Waals surface area contributed by atoms with Crippen molar-refractivity contribution in [3.63, 3.8) is 0 Å². The van der Waals surface area contributed by atoms with E-state index >= 15 is 0 Å². The standard InChI is InChI=1S/2C9H8O4.Sr/c2*10-7-3-1-6(5-8(7)11)2-4-9(12)13;/h2*1-5,10-11H,(H,12,13);/q;;+2/p-2/b2*4-2+;. The van der Waals surface area contributed by atoms with E-state index in [-0.39, 0.29) is 68.5 Å². The second-order valence-electron chi connectivity index (χ2n) is 4.80. The molecule has 0 aromatic heterocycles. The topological polar surface area (TPSA) is 161 Å². The third-order valence-corrected chi connectivity index (χ3v) is 2.82. The third-order valence-electron chi connectivity index (χ3n) is 2.82. The number of phenolic OH excluding ortho intramolecular Hbond substituents is 4. The molecule has 0 unspecified atom stereocenters. The zero-order valence-electron chi connectivity index (χ0n) is 13.9. The number of carboxylic acids is 2. The van der Waals surface area contributed by atoms with Gasteiger partial charge in [0.15, 0.2) is 23.0 Å². The quantitative estimate of drug-likeness (QED) is 0.274. The van der Waals surface area contributed by atoms with Gasteiger partial charge in [-0.15, -0.1) is 0 Å². The number of hydrogen-bond donors (Lipinski definition) is 4. The summed E-state index contributed by atoms with van der Waals surface area (Å²) in [6.07, 6.45) is 4.20. The fourth-order valence-corrected chi connectivity index (χ4v) is 1.62. The Labute approximate surface area is 191 Å². The molecule has 0 saturated heterocycles. The summed E-state index contributed by atoms with van der Waals surface area (Å²) >= 11 is 0. The number of aromatic hydroxyl groups is 4. The van der Waals surface area contributed by atoms with Crippen LogP contribution in [0.1, 0.15) is 11.1 Å². The maximum atomic E-state index is 10.0. The fraction of sp³-hybridized carbons (Fsp3) is 0. The molecule has 4 N–H and O–H groups in total. The van der Waals surface area contributed by atoms with E-state index in [2.05, 4.69) is 0 Å². The minimum absolute atomic E-state index is 0. The van der Waals surface area contributed by atoms with E-state index in [0.29, 0.717) is 11.1 Å². The zero-order valence-corrected chi connectivity index (χ0v) is 17.4. The first kappa shape index (κ1) is 24.5. The van der Waals surface area contributed by atoms with Gasteiger partial charge in [-0.1, -0.05) is 24.3 Å². The van der Waals surface area contributed by atoms with E-state index in [1.54, 1.807) is 0 Å². The van der Waals surface area contributed by atoms with Crippen LogP contribution >= 0.6 is 0 Å². The number of aliphatic carboxylic acids is 2. The largest absolute Gasteiger partial charge is 2.00 e. The second kappa shape index (κ2) is 12.0. The molecule has 0 aliphatic rings. The van der Waals surface area contributed by atoms with Gasteiger partial charge in [0.05, 0.1) is 11.9 Å². The zero-order chi connectivity index (χ0) is 19.7. The number of carbonyl (C=O) groups is 2. The first-order valence-corrected chi connectivity index (χ1v) is 7.01. The summed E-state index contributed by atoms with van der Waals surface area (Å²) in [6.45, 7) is 0. The molecule has 0 spiro atoms. The summed E-state index contributed by atoms with van der Waals surface area (Å²) in [7, 11) is 0. The van der Waals surface area contributed by atoms with Crippen LogP contribution in [0.25, 0.3) is 12.2 Å². The molecule has 0 radical (unpaired) electrons. The summed E-state index contributed by atoms with van der Waals surface area (Å²) in [5, 5.41) is 55.9. The van der Waals surface area contributed by atoms with Crippen molar-refractivity contribution >= 4 is 69.6 Å². The first-order chi connectivity index (χ1) is 12.2. The van der Waals surface area contributed by atoms with Crippen LogP contribution < -0.4 is 10.2 Å². The van der Waals surface area contributed by atoms with Crippen molar-refractivity contribution in [1.82, 2.24) is 0 Å². The van der Waals surface area contributed by atoms with E-state index in [4.69, 9.17) is 20.4 Å². The summed E-state index contributed by atoms with van der Waals surface area (Å²) in [6, 6.07) is 7.96. The van der Waals surface area contributed by atoms with Crippen molar-refractivity contribution in [2.45, 2.75) is 0 Å². The van der Waals surface area contributed by atoms with Crippen molar-refractivity contribution in [3.05, 3.63) is 59.7 Å². The van der Waals surface area contributed by atoms with Gasteiger partial charge in [0.1, 0.15) is 0 Å².